The summed E-state index contributed by atoms with van der Waals surface area (Å²) in [6, 6.07) is 9.57. The molecular formula is C23H26N4O3. The molecule has 0 aliphatic carbocycles. The number of hydrogen-bond acceptors (Lipinski definition) is 6. The van der Waals surface area contributed by atoms with Gasteiger partial charge in [-0.1, -0.05) is 17.3 Å². The second kappa shape index (κ2) is 8.65. The quantitative estimate of drug-likeness (QED) is 0.643. The normalized spacial score (nSPS) is 14.7. The molecule has 1 aromatic carbocycles. The van der Waals surface area contributed by atoms with Crippen LogP contribution in [0.2, 0.25) is 0 Å². The number of piperidine rings is 1. The monoisotopic (exact) mass is 406 g/mol. The molecule has 0 saturated carbocycles. The molecule has 7 heteroatoms. The van der Waals surface area contributed by atoms with Crippen molar-refractivity contribution in [3.05, 3.63) is 59.3 Å². The highest BCUT2D eigenvalue weighted by molar-refractivity contribution is 5.79. The zero-order chi connectivity index (χ0) is 21.1. The standard InChI is InChI=1S/C23H26N4O3/c1-15-12-21(30-26-15)20-14-24-16(2)25-23(20)18-8-10-27(11-9-18)22(28)13-17-4-6-19(29-3)7-5-17/h4-7,12,14,18H,8-11,13H2,1-3H3. The Labute approximate surface area is 176 Å². The van der Waals surface area contributed by atoms with Gasteiger partial charge in [0, 0.05) is 31.3 Å². The molecule has 0 unspecified atom stereocenters. The summed E-state index contributed by atoms with van der Waals surface area (Å²) in [5.41, 5.74) is 3.71. The molecule has 156 valence electrons. The highest BCUT2D eigenvalue weighted by Crippen LogP contribution is 2.34. The Balaban J connectivity index is 1.43. The zero-order valence-electron chi connectivity index (χ0n) is 17.6. The Morgan fingerprint density at radius 1 is 1.20 bits per heavy atom. The maximum absolute atomic E-state index is 12.8. The predicted octanol–water partition coefficient (Wildman–Crippen LogP) is 3.71. The van der Waals surface area contributed by atoms with Gasteiger partial charge >= 0.3 is 0 Å². The number of amides is 1. The van der Waals surface area contributed by atoms with Gasteiger partial charge in [0.15, 0.2) is 5.76 Å². The molecular weight excluding hydrogens is 380 g/mol. The number of carbonyl (C=O) groups excluding carboxylic acids is 1. The minimum atomic E-state index is 0.156. The van der Waals surface area contributed by atoms with Crippen LogP contribution in [0.5, 0.6) is 5.75 Å². The third-order valence-electron chi connectivity index (χ3n) is 5.58. The molecule has 30 heavy (non-hydrogen) atoms. The van der Waals surface area contributed by atoms with Gasteiger partial charge in [0.05, 0.1) is 30.5 Å². The maximum Gasteiger partial charge on any atom is 0.226 e. The lowest BCUT2D eigenvalue weighted by Gasteiger charge is -2.32. The van der Waals surface area contributed by atoms with Crippen molar-refractivity contribution in [3.8, 4) is 17.1 Å². The number of rotatable bonds is 5. The Morgan fingerprint density at radius 3 is 2.57 bits per heavy atom. The Hall–Kier alpha value is -3.22. The minimum Gasteiger partial charge on any atom is -0.497 e. The number of nitrogens with zero attached hydrogens (tertiary/aromatic N) is 4. The first kappa shape index (κ1) is 20.1. The first-order valence-electron chi connectivity index (χ1n) is 10.2. The van der Waals surface area contributed by atoms with E-state index in [0.717, 1.165) is 60.0 Å². The van der Waals surface area contributed by atoms with E-state index in [1.165, 1.54) is 0 Å². The summed E-state index contributed by atoms with van der Waals surface area (Å²) in [6.07, 6.45) is 3.96. The van der Waals surface area contributed by atoms with Crippen LogP contribution in [0, 0.1) is 13.8 Å². The van der Waals surface area contributed by atoms with E-state index in [4.69, 9.17) is 14.2 Å². The third-order valence-corrected chi connectivity index (χ3v) is 5.58. The molecule has 1 aliphatic heterocycles. The summed E-state index contributed by atoms with van der Waals surface area (Å²) in [5, 5.41) is 4.00. The average Bonchev–Trinajstić information content (AvgIpc) is 3.20. The van der Waals surface area contributed by atoms with Crippen LogP contribution in [0.25, 0.3) is 11.3 Å². The van der Waals surface area contributed by atoms with Crippen molar-refractivity contribution in [2.75, 3.05) is 20.2 Å². The minimum absolute atomic E-state index is 0.156. The van der Waals surface area contributed by atoms with E-state index < -0.39 is 0 Å². The molecule has 0 atom stereocenters. The predicted molar refractivity (Wildman–Crippen MR) is 112 cm³/mol. The van der Waals surface area contributed by atoms with E-state index in [1.54, 1.807) is 7.11 Å². The van der Waals surface area contributed by atoms with Crippen molar-refractivity contribution in [2.24, 2.45) is 0 Å². The number of likely N-dealkylation sites (tertiary alicyclic amines) is 1. The Bertz CT molecular complexity index is 1020. The van der Waals surface area contributed by atoms with Gasteiger partial charge in [-0.3, -0.25) is 4.79 Å². The van der Waals surface area contributed by atoms with Crippen LogP contribution in [-0.4, -0.2) is 46.1 Å². The fourth-order valence-electron chi connectivity index (χ4n) is 3.91. The summed E-state index contributed by atoms with van der Waals surface area (Å²) in [4.78, 5) is 23.8. The fraction of sp³-hybridized carbons (Fsp3) is 0.391. The number of aryl methyl sites for hydroxylation is 2. The molecule has 0 N–H and O–H groups in total. The van der Waals surface area contributed by atoms with Crippen molar-refractivity contribution < 1.29 is 14.1 Å². The molecule has 0 bridgehead atoms. The average molecular weight is 406 g/mol. The van der Waals surface area contributed by atoms with Crippen LogP contribution < -0.4 is 4.74 Å². The highest BCUT2D eigenvalue weighted by Gasteiger charge is 2.27. The number of aromatic nitrogens is 3. The van der Waals surface area contributed by atoms with E-state index in [1.807, 2.05) is 55.3 Å². The summed E-state index contributed by atoms with van der Waals surface area (Å²) < 4.78 is 10.6. The number of hydrogen-bond donors (Lipinski definition) is 0. The number of carbonyl (C=O) groups is 1. The molecule has 7 nitrogen and oxygen atoms in total. The number of methoxy groups -OCH3 is 1. The summed E-state index contributed by atoms with van der Waals surface area (Å²) >= 11 is 0. The van der Waals surface area contributed by atoms with E-state index in [0.29, 0.717) is 12.2 Å². The lowest BCUT2D eigenvalue weighted by molar-refractivity contribution is -0.131. The van der Waals surface area contributed by atoms with Crippen molar-refractivity contribution >= 4 is 5.91 Å². The molecule has 4 rings (SSSR count). The van der Waals surface area contributed by atoms with Gasteiger partial charge in [-0.2, -0.15) is 0 Å². The Morgan fingerprint density at radius 2 is 1.93 bits per heavy atom. The van der Waals surface area contributed by atoms with Crippen molar-refractivity contribution in [1.29, 1.82) is 0 Å². The lowest BCUT2D eigenvalue weighted by Crippen LogP contribution is -2.39. The van der Waals surface area contributed by atoms with Gasteiger partial charge in [-0.15, -0.1) is 0 Å². The molecule has 1 amide bonds. The highest BCUT2D eigenvalue weighted by atomic mass is 16.5. The molecule has 1 fully saturated rings. The molecule has 2 aromatic heterocycles. The largest absolute Gasteiger partial charge is 0.497 e. The summed E-state index contributed by atoms with van der Waals surface area (Å²) in [7, 11) is 1.64. The SMILES string of the molecule is COc1ccc(CC(=O)N2CCC(c3nc(C)ncc3-c3cc(C)no3)CC2)cc1. The first-order valence-corrected chi connectivity index (χ1v) is 10.2. The second-order valence-corrected chi connectivity index (χ2v) is 7.73. The smallest absolute Gasteiger partial charge is 0.226 e. The van der Waals surface area contributed by atoms with Crippen LogP contribution in [-0.2, 0) is 11.2 Å². The van der Waals surface area contributed by atoms with Gasteiger partial charge in [0.1, 0.15) is 11.6 Å². The number of benzene rings is 1. The first-order chi connectivity index (χ1) is 14.5. The molecule has 0 radical (unpaired) electrons. The van der Waals surface area contributed by atoms with Crippen LogP contribution in [0.4, 0.5) is 0 Å². The van der Waals surface area contributed by atoms with Crippen LogP contribution in [0.3, 0.4) is 0 Å². The lowest BCUT2D eigenvalue weighted by atomic mass is 9.90. The molecule has 0 spiro atoms. The summed E-state index contributed by atoms with van der Waals surface area (Å²) in [6.45, 7) is 5.23. The molecule has 1 saturated heterocycles. The van der Waals surface area contributed by atoms with Crippen LogP contribution in [0.15, 0.2) is 41.1 Å². The van der Waals surface area contributed by atoms with E-state index in [9.17, 15) is 4.79 Å². The van der Waals surface area contributed by atoms with Gasteiger partial charge < -0.3 is 14.2 Å². The van der Waals surface area contributed by atoms with E-state index in [2.05, 4.69) is 10.1 Å². The van der Waals surface area contributed by atoms with Crippen molar-refractivity contribution in [2.45, 2.75) is 39.0 Å². The van der Waals surface area contributed by atoms with E-state index in [-0.39, 0.29) is 11.8 Å². The molecule has 3 heterocycles. The zero-order valence-corrected chi connectivity index (χ0v) is 17.6. The van der Waals surface area contributed by atoms with Gasteiger partial charge in [0.2, 0.25) is 5.91 Å². The number of ether oxygens (including phenoxy) is 1. The van der Waals surface area contributed by atoms with Crippen molar-refractivity contribution in [3.63, 3.8) is 0 Å². The van der Waals surface area contributed by atoms with Crippen molar-refractivity contribution in [1.82, 2.24) is 20.0 Å². The Kier molecular flexibility index (Phi) is 5.79. The molecule has 1 aliphatic rings. The van der Waals surface area contributed by atoms with Gasteiger partial charge in [-0.05, 0) is 44.4 Å². The van der Waals surface area contributed by atoms with Crippen LogP contribution >= 0.6 is 0 Å². The van der Waals surface area contributed by atoms with E-state index >= 15 is 0 Å². The fourth-order valence-corrected chi connectivity index (χ4v) is 3.91. The third kappa shape index (κ3) is 4.35. The topological polar surface area (TPSA) is 81.4 Å². The molecule has 3 aromatic rings. The summed E-state index contributed by atoms with van der Waals surface area (Å²) in [5.74, 6) is 2.65. The van der Waals surface area contributed by atoms with Gasteiger partial charge in [-0.25, -0.2) is 9.97 Å². The second-order valence-electron chi connectivity index (χ2n) is 7.73. The maximum atomic E-state index is 12.8. The van der Waals surface area contributed by atoms with Crippen LogP contribution in [0.1, 0.15) is 41.5 Å². The van der Waals surface area contributed by atoms with Gasteiger partial charge in [0.25, 0.3) is 0 Å².